The molecular weight excluding hydrogens is 442 g/mol. The van der Waals surface area contributed by atoms with Gasteiger partial charge in [0.1, 0.15) is 5.58 Å². The molecule has 4 nitrogen and oxygen atoms in total. The van der Waals surface area contributed by atoms with E-state index in [1.54, 1.807) is 29.2 Å². The number of para-hydroxylation sites is 1. The minimum Gasteiger partial charge on any atom is -0.450 e. The summed E-state index contributed by atoms with van der Waals surface area (Å²) in [5.74, 6) is -0.130. The van der Waals surface area contributed by atoms with Gasteiger partial charge in [-0.15, -0.1) is 0 Å². The largest absolute Gasteiger partial charge is 0.450 e. The Kier molecular flexibility index (Phi) is 4.55. The van der Waals surface area contributed by atoms with Gasteiger partial charge < -0.3 is 9.32 Å². The van der Waals surface area contributed by atoms with Crippen LogP contribution in [0, 0.1) is 6.92 Å². The fraction of sp³-hybridized carbons (Fsp3) is 0.120. The Labute approximate surface area is 181 Å². The summed E-state index contributed by atoms with van der Waals surface area (Å²) in [6.45, 7) is 2.41. The summed E-state index contributed by atoms with van der Waals surface area (Å²) in [5.41, 5.74) is 3.70. The van der Waals surface area contributed by atoms with Crippen molar-refractivity contribution < 1.29 is 9.21 Å². The number of nitrogens with zero attached hydrogens (tertiary/aromatic N) is 1. The highest BCUT2D eigenvalue weighted by atomic mass is 79.9. The molecule has 3 aromatic carbocycles. The molecule has 30 heavy (non-hydrogen) atoms. The molecule has 5 rings (SSSR count). The van der Waals surface area contributed by atoms with Crippen LogP contribution in [0.15, 0.2) is 86.5 Å². The number of hydrogen-bond acceptors (Lipinski definition) is 3. The molecule has 0 bridgehead atoms. The zero-order valence-electron chi connectivity index (χ0n) is 16.3. The Bertz CT molecular complexity index is 1340. The van der Waals surface area contributed by atoms with Gasteiger partial charge in [0.15, 0.2) is 5.43 Å². The highest BCUT2D eigenvalue weighted by Gasteiger charge is 2.42. The smallest absolute Gasteiger partial charge is 0.291 e. The third kappa shape index (κ3) is 3.06. The summed E-state index contributed by atoms with van der Waals surface area (Å²) in [7, 11) is 0. The maximum Gasteiger partial charge on any atom is 0.291 e. The average molecular weight is 460 g/mol. The standard InChI is InChI=1S/C25H18BrNO3/c1-15-9-11-16(12-10-15)14-27-22(17-5-4-6-18(26)13-17)21-23(28)19-7-2-3-8-20(19)30-24(21)25(27)29/h2-13,22H,14H2,1H3. The van der Waals surface area contributed by atoms with E-state index in [1.807, 2.05) is 55.5 Å². The number of halogens is 1. The Hall–Kier alpha value is -3.18. The van der Waals surface area contributed by atoms with Gasteiger partial charge in [0.2, 0.25) is 5.76 Å². The lowest BCUT2D eigenvalue weighted by Crippen LogP contribution is -2.29. The predicted molar refractivity (Wildman–Crippen MR) is 120 cm³/mol. The third-order valence-corrected chi connectivity index (χ3v) is 6.00. The lowest BCUT2D eigenvalue weighted by molar-refractivity contribution is 0.0714. The average Bonchev–Trinajstić information content (AvgIpc) is 3.02. The van der Waals surface area contributed by atoms with Gasteiger partial charge in [0, 0.05) is 11.0 Å². The molecule has 1 unspecified atom stereocenters. The van der Waals surface area contributed by atoms with E-state index in [-0.39, 0.29) is 17.1 Å². The lowest BCUT2D eigenvalue weighted by Gasteiger charge is -2.25. The minimum absolute atomic E-state index is 0.135. The number of carbonyl (C=O) groups is 1. The number of aryl methyl sites for hydroxylation is 1. The Morgan fingerprint density at radius 2 is 1.73 bits per heavy atom. The summed E-state index contributed by atoms with van der Waals surface area (Å²) in [5, 5.41) is 0.487. The van der Waals surface area contributed by atoms with Gasteiger partial charge in [-0.05, 0) is 42.3 Å². The van der Waals surface area contributed by atoms with Crippen molar-refractivity contribution in [2.24, 2.45) is 0 Å². The molecule has 0 saturated heterocycles. The van der Waals surface area contributed by atoms with Gasteiger partial charge in [0.05, 0.1) is 17.0 Å². The van der Waals surface area contributed by atoms with Crippen LogP contribution in [0.3, 0.4) is 0 Å². The van der Waals surface area contributed by atoms with E-state index < -0.39 is 6.04 Å². The first-order chi connectivity index (χ1) is 14.5. The van der Waals surface area contributed by atoms with Gasteiger partial charge >= 0.3 is 0 Å². The first kappa shape index (κ1) is 18.8. The first-order valence-electron chi connectivity index (χ1n) is 9.70. The maximum absolute atomic E-state index is 13.4. The number of fused-ring (bicyclic) bond motifs is 2. The van der Waals surface area contributed by atoms with E-state index in [4.69, 9.17) is 4.42 Å². The van der Waals surface area contributed by atoms with Crippen molar-refractivity contribution in [1.29, 1.82) is 0 Å². The van der Waals surface area contributed by atoms with E-state index in [9.17, 15) is 9.59 Å². The van der Waals surface area contributed by atoms with Crippen LogP contribution in [0.4, 0.5) is 0 Å². The molecule has 4 aromatic rings. The van der Waals surface area contributed by atoms with Gasteiger partial charge in [-0.2, -0.15) is 0 Å². The molecule has 2 heterocycles. The normalized spacial score (nSPS) is 15.6. The highest BCUT2D eigenvalue weighted by molar-refractivity contribution is 9.10. The molecule has 148 valence electrons. The van der Waals surface area contributed by atoms with Gasteiger partial charge in [-0.25, -0.2) is 0 Å². The molecule has 1 atom stereocenters. The van der Waals surface area contributed by atoms with Crippen LogP contribution >= 0.6 is 15.9 Å². The number of amides is 1. The van der Waals surface area contributed by atoms with Crippen LogP contribution in [-0.4, -0.2) is 10.8 Å². The van der Waals surface area contributed by atoms with E-state index in [0.717, 1.165) is 21.2 Å². The van der Waals surface area contributed by atoms with E-state index >= 15 is 0 Å². The van der Waals surface area contributed by atoms with Crippen molar-refractivity contribution >= 4 is 32.8 Å². The highest BCUT2D eigenvalue weighted by Crippen LogP contribution is 2.39. The summed E-state index contributed by atoms with van der Waals surface area (Å²) in [6.07, 6.45) is 0. The zero-order valence-corrected chi connectivity index (χ0v) is 17.8. The van der Waals surface area contributed by atoms with Crippen LogP contribution in [-0.2, 0) is 6.54 Å². The van der Waals surface area contributed by atoms with Crippen LogP contribution in [0.1, 0.15) is 38.9 Å². The number of benzene rings is 3. The molecule has 0 aliphatic carbocycles. The summed E-state index contributed by atoms with van der Waals surface area (Å²) < 4.78 is 6.85. The molecule has 0 fully saturated rings. The second kappa shape index (κ2) is 7.26. The summed E-state index contributed by atoms with van der Waals surface area (Å²) in [6, 6.07) is 22.4. The Balaban J connectivity index is 1.72. The maximum atomic E-state index is 13.4. The molecule has 1 amide bonds. The van der Waals surface area contributed by atoms with Crippen molar-refractivity contribution in [3.05, 3.63) is 116 Å². The molecule has 1 aromatic heterocycles. The monoisotopic (exact) mass is 459 g/mol. The van der Waals surface area contributed by atoms with Crippen LogP contribution in [0.5, 0.6) is 0 Å². The molecule has 1 aliphatic heterocycles. The quantitative estimate of drug-likeness (QED) is 0.400. The topological polar surface area (TPSA) is 50.5 Å². The first-order valence-corrected chi connectivity index (χ1v) is 10.5. The second-order valence-corrected chi connectivity index (χ2v) is 8.46. The van der Waals surface area contributed by atoms with Crippen LogP contribution < -0.4 is 5.43 Å². The Morgan fingerprint density at radius 1 is 0.967 bits per heavy atom. The predicted octanol–water partition coefficient (Wildman–Crippen LogP) is 5.61. The van der Waals surface area contributed by atoms with Gasteiger partial charge in [-0.3, -0.25) is 9.59 Å². The molecule has 0 radical (unpaired) electrons. The molecule has 0 saturated carbocycles. The fourth-order valence-corrected chi connectivity index (χ4v) is 4.46. The number of hydrogen-bond donors (Lipinski definition) is 0. The summed E-state index contributed by atoms with van der Waals surface area (Å²) in [4.78, 5) is 28.6. The minimum atomic E-state index is -0.507. The molecular formula is C25H18BrNO3. The van der Waals surface area contributed by atoms with E-state index in [2.05, 4.69) is 15.9 Å². The van der Waals surface area contributed by atoms with Crippen LogP contribution in [0.2, 0.25) is 0 Å². The van der Waals surface area contributed by atoms with Crippen molar-refractivity contribution in [3.8, 4) is 0 Å². The van der Waals surface area contributed by atoms with E-state index in [1.165, 1.54) is 0 Å². The third-order valence-electron chi connectivity index (χ3n) is 5.51. The number of carbonyl (C=O) groups excluding carboxylic acids is 1. The van der Waals surface area contributed by atoms with E-state index in [0.29, 0.717) is 23.1 Å². The second-order valence-electron chi connectivity index (χ2n) is 7.55. The molecule has 0 spiro atoms. The van der Waals surface area contributed by atoms with Gasteiger partial charge in [0.25, 0.3) is 5.91 Å². The molecule has 0 N–H and O–H groups in total. The summed E-state index contributed by atoms with van der Waals surface area (Å²) >= 11 is 3.51. The number of rotatable bonds is 3. The van der Waals surface area contributed by atoms with Crippen molar-refractivity contribution in [3.63, 3.8) is 0 Å². The van der Waals surface area contributed by atoms with Gasteiger partial charge in [-0.1, -0.05) is 70.0 Å². The zero-order chi connectivity index (χ0) is 20.8. The van der Waals surface area contributed by atoms with Crippen molar-refractivity contribution in [2.75, 3.05) is 0 Å². The Morgan fingerprint density at radius 3 is 2.50 bits per heavy atom. The molecule has 5 heteroatoms. The lowest BCUT2D eigenvalue weighted by atomic mass is 9.98. The van der Waals surface area contributed by atoms with Crippen molar-refractivity contribution in [1.82, 2.24) is 4.90 Å². The van der Waals surface area contributed by atoms with Crippen molar-refractivity contribution in [2.45, 2.75) is 19.5 Å². The van der Waals surface area contributed by atoms with Crippen LogP contribution in [0.25, 0.3) is 11.0 Å². The fourth-order valence-electron chi connectivity index (χ4n) is 4.04. The SMILES string of the molecule is Cc1ccc(CN2C(=O)c3oc4ccccc4c(=O)c3C2c2cccc(Br)c2)cc1. The molecule has 1 aliphatic rings.